The molecule has 1 aliphatic rings. The molecule has 3 aromatic carbocycles. The van der Waals surface area contributed by atoms with Gasteiger partial charge in [-0.25, -0.2) is 0 Å². The number of Topliss-reactive ketones (excluding diaryl/α,β-unsaturated/α-hetero) is 1. The van der Waals surface area contributed by atoms with Crippen LogP contribution in [0.2, 0.25) is 0 Å². The second-order valence-corrected chi connectivity index (χ2v) is 6.88. The zero-order valence-electron chi connectivity index (χ0n) is 13.8. The van der Waals surface area contributed by atoms with Crippen LogP contribution in [0.1, 0.15) is 20.7 Å². The van der Waals surface area contributed by atoms with Crippen molar-refractivity contribution < 1.29 is 9.59 Å². The van der Waals surface area contributed by atoms with Crippen LogP contribution < -0.4 is 4.90 Å². The van der Waals surface area contributed by atoms with Gasteiger partial charge in [0.2, 0.25) is 5.78 Å². The largest absolute Gasteiger partial charge is 0.288 e. The van der Waals surface area contributed by atoms with Crippen LogP contribution in [-0.4, -0.2) is 11.7 Å². The van der Waals surface area contributed by atoms with E-state index in [-0.39, 0.29) is 11.7 Å². The normalized spacial score (nSPS) is 14.3. The molecule has 4 rings (SSSR count). The lowest BCUT2D eigenvalue weighted by Crippen LogP contribution is -2.26. The molecule has 0 fully saturated rings. The Balaban J connectivity index is 1.76. The summed E-state index contributed by atoms with van der Waals surface area (Å²) in [6, 6.07) is 25.9. The minimum Gasteiger partial charge on any atom is -0.288 e. The van der Waals surface area contributed by atoms with Crippen LogP contribution in [0.3, 0.4) is 0 Å². The maximum atomic E-state index is 13.1. The van der Waals surface area contributed by atoms with Crippen LogP contribution in [0.5, 0.6) is 0 Å². The first-order valence-corrected chi connectivity index (χ1v) is 9.03. The summed E-state index contributed by atoms with van der Waals surface area (Å²) in [4.78, 5) is 28.8. The highest BCUT2D eigenvalue weighted by molar-refractivity contribution is 8.04. The van der Waals surface area contributed by atoms with E-state index in [0.717, 1.165) is 10.6 Å². The molecular formula is C22H15NO2S. The lowest BCUT2D eigenvalue weighted by Gasteiger charge is -2.19. The molecule has 26 heavy (non-hydrogen) atoms. The van der Waals surface area contributed by atoms with Gasteiger partial charge in [0, 0.05) is 27.9 Å². The Morgan fingerprint density at radius 1 is 0.808 bits per heavy atom. The van der Waals surface area contributed by atoms with Gasteiger partial charge in [-0.1, -0.05) is 60.3 Å². The third kappa shape index (κ3) is 3.07. The van der Waals surface area contributed by atoms with Crippen molar-refractivity contribution in [2.24, 2.45) is 0 Å². The van der Waals surface area contributed by atoms with Crippen molar-refractivity contribution in [1.82, 2.24) is 0 Å². The molecule has 1 amide bonds. The van der Waals surface area contributed by atoms with Gasteiger partial charge >= 0.3 is 0 Å². The molecule has 0 bridgehead atoms. The molecule has 0 radical (unpaired) electrons. The van der Waals surface area contributed by atoms with E-state index in [4.69, 9.17) is 0 Å². The lowest BCUT2D eigenvalue weighted by atomic mass is 10.1. The van der Waals surface area contributed by atoms with E-state index >= 15 is 0 Å². The topological polar surface area (TPSA) is 37.4 Å². The number of amides is 1. The summed E-state index contributed by atoms with van der Waals surface area (Å²) in [5, 5.41) is 0. The first-order valence-electron chi connectivity index (χ1n) is 8.21. The van der Waals surface area contributed by atoms with Gasteiger partial charge in [0.05, 0.1) is 4.91 Å². The summed E-state index contributed by atoms with van der Waals surface area (Å²) in [6.07, 6.45) is 1.65. The Hall–Kier alpha value is -3.11. The minimum atomic E-state index is -0.173. The standard InChI is InChI=1S/C22H15NO2S/c24-21-18-13-7-8-14-19(18)26-20(21)15-23(17-11-5-2-6-12-17)22(25)16-9-3-1-4-10-16/h1-15H/b20-15+. The fourth-order valence-corrected chi connectivity index (χ4v) is 3.82. The lowest BCUT2D eigenvalue weighted by molar-refractivity contribution is 0.0997. The summed E-state index contributed by atoms with van der Waals surface area (Å²) in [5.74, 6) is -0.221. The van der Waals surface area contributed by atoms with Crippen molar-refractivity contribution in [3.8, 4) is 0 Å². The first-order chi connectivity index (χ1) is 12.7. The SMILES string of the molecule is O=C1/C(=C\N(C(=O)c2ccccc2)c2ccccc2)Sc2ccccc21. The van der Waals surface area contributed by atoms with Gasteiger partial charge in [-0.05, 0) is 36.4 Å². The van der Waals surface area contributed by atoms with Crippen molar-refractivity contribution in [1.29, 1.82) is 0 Å². The Kier molecular flexibility index (Phi) is 4.42. The van der Waals surface area contributed by atoms with Gasteiger partial charge < -0.3 is 0 Å². The molecule has 0 saturated heterocycles. The zero-order valence-corrected chi connectivity index (χ0v) is 14.6. The Labute approximate surface area is 156 Å². The number of anilines is 1. The van der Waals surface area contributed by atoms with E-state index in [0.29, 0.717) is 16.0 Å². The number of carbonyl (C=O) groups is 2. The van der Waals surface area contributed by atoms with Crippen LogP contribution in [0.25, 0.3) is 0 Å². The number of ketones is 1. The molecular weight excluding hydrogens is 342 g/mol. The highest BCUT2D eigenvalue weighted by Gasteiger charge is 2.27. The predicted molar refractivity (Wildman–Crippen MR) is 104 cm³/mol. The number of nitrogens with zero attached hydrogens (tertiary/aromatic N) is 1. The molecule has 1 aliphatic heterocycles. The van der Waals surface area contributed by atoms with E-state index in [1.54, 1.807) is 23.2 Å². The molecule has 126 valence electrons. The Bertz CT molecular complexity index is 997. The summed E-state index contributed by atoms with van der Waals surface area (Å²) in [5.41, 5.74) is 1.98. The van der Waals surface area contributed by atoms with Gasteiger partial charge in [-0.15, -0.1) is 0 Å². The van der Waals surface area contributed by atoms with Crippen LogP contribution in [0.4, 0.5) is 5.69 Å². The number of rotatable bonds is 3. The van der Waals surface area contributed by atoms with Gasteiger partial charge in [0.1, 0.15) is 0 Å². The summed E-state index contributed by atoms with van der Waals surface area (Å²) in [7, 11) is 0. The van der Waals surface area contributed by atoms with E-state index < -0.39 is 0 Å². The maximum absolute atomic E-state index is 13.1. The molecule has 0 aromatic heterocycles. The number of para-hydroxylation sites is 1. The number of hydrogen-bond acceptors (Lipinski definition) is 3. The number of hydrogen-bond donors (Lipinski definition) is 0. The highest BCUT2D eigenvalue weighted by atomic mass is 32.2. The molecule has 0 spiro atoms. The number of allylic oxidation sites excluding steroid dienone is 1. The second kappa shape index (κ2) is 7.02. The summed E-state index contributed by atoms with van der Waals surface area (Å²) in [6.45, 7) is 0. The van der Waals surface area contributed by atoms with Crippen LogP contribution in [0.15, 0.2) is 101 Å². The predicted octanol–water partition coefficient (Wildman–Crippen LogP) is 5.16. The zero-order chi connectivity index (χ0) is 17.9. The number of fused-ring (bicyclic) bond motifs is 1. The first kappa shape index (κ1) is 16.4. The molecule has 3 aromatic rings. The summed E-state index contributed by atoms with van der Waals surface area (Å²) >= 11 is 1.40. The highest BCUT2D eigenvalue weighted by Crippen LogP contribution is 2.40. The molecule has 0 unspecified atom stereocenters. The van der Waals surface area contributed by atoms with Gasteiger partial charge in [0.25, 0.3) is 5.91 Å². The molecule has 0 atom stereocenters. The molecule has 0 N–H and O–H groups in total. The van der Waals surface area contributed by atoms with Crippen LogP contribution in [-0.2, 0) is 0 Å². The fourth-order valence-electron chi connectivity index (χ4n) is 2.80. The molecule has 0 saturated carbocycles. The molecule has 0 aliphatic carbocycles. The van der Waals surface area contributed by atoms with Crippen LogP contribution >= 0.6 is 11.8 Å². The van der Waals surface area contributed by atoms with Gasteiger partial charge in [0.15, 0.2) is 0 Å². The quantitative estimate of drug-likeness (QED) is 0.607. The average molecular weight is 357 g/mol. The van der Waals surface area contributed by atoms with E-state index in [1.165, 1.54) is 11.8 Å². The fraction of sp³-hybridized carbons (Fsp3) is 0. The van der Waals surface area contributed by atoms with E-state index in [9.17, 15) is 9.59 Å². The van der Waals surface area contributed by atoms with Crippen LogP contribution in [0, 0.1) is 0 Å². The number of thioether (sulfide) groups is 1. The maximum Gasteiger partial charge on any atom is 0.262 e. The van der Waals surface area contributed by atoms with Crippen molar-refractivity contribution in [2.75, 3.05) is 4.90 Å². The van der Waals surface area contributed by atoms with Crippen molar-refractivity contribution in [3.63, 3.8) is 0 Å². The summed E-state index contributed by atoms with van der Waals surface area (Å²) < 4.78 is 0. The Morgan fingerprint density at radius 3 is 2.12 bits per heavy atom. The van der Waals surface area contributed by atoms with Gasteiger partial charge in [-0.3, -0.25) is 14.5 Å². The van der Waals surface area contributed by atoms with E-state index in [2.05, 4.69) is 0 Å². The smallest absolute Gasteiger partial charge is 0.262 e. The average Bonchev–Trinajstić information content (AvgIpc) is 3.03. The Morgan fingerprint density at radius 2 is 1.42 bits per heavy atom. The van der Waals surface area contributed by atoms with Crippen molar-refractivity contribution in [3.05, 3.63) is 107 Å². The van der Waals surface area contributed by atoms with Gasteiger partial charge in [-0.2, -0.15) is 0 Å². The van der Waals surface area contributed by atoms with E-state index in [1.807, 2.05) is 72.8 Å². The third-order valence-electron chi connectivity index (χ3n) is 4.10. The molecule has 4 heteroatoms. The minimum absolute atomic E-state index is 0.0487. The number of carbonyl (C=O) groups excluding carboxylic acids is 2. The monoisotopic (exact) mass is 357 g/mol. The molecule has 3 nitrogen and oxygen atoms in total. The van der Waals surface area contributed by atoms with Crippen molar-refractivity contribution in [2.45, 2.75) is 4.90 Å². The number of benzene rings is 3. The molecule has 1 heterocycles. The van der Waals surface area contributed by atoms with Crippen molar-refractivity contribution >= 4 is 29.1 Å². The second-order valence-electron chi connectivity index (χ2n) is 5.80. The third-order valence-corrected chi connectivity index (χ3v) is 5.18.